The Balaban J connectivity index is 4.17. The summed E-state index contributed by atoms with van der Waals surface area (Å²) in [5.74, 6) is -0.860. The first kappa shape index (κ1) is 79.4. The van der Waals surface area contributed by atoms with E-state index in [9.17, 15) is 14.4 Å². The highest BCUT2D eigenvalue weighted by atomic mass is 16.6. The van der Waals surface area contributed by atoms with Crippen molar-refractivity contribution in [2.45, 2.75) is 406 Å². The van der Waals surface area contributed by atoms with E-state index in [4.69, 9.17) is 14.2 Å². The predicted molar refractivity (Wildman–Crippen MR) is 358 cm³/mol. The van der Waals surface area contributed by atoms with Crippen molar-refractivity contribution in [2.24, 2.45) is 0 Å². The molecule has 0 aliphatic rings. The van der Waals surface area contributed by atoms with E-state index in [1.807, 2.05) is 0 Å². The van der Waals surface area contributed by atoms with Crippen molar-refractivity contribution >= 4 is 17.9 Å². The lowest BCUT2D eigenvalue weighted by Gasteiger charge is -2.18. The average Bonchev–Trinajstić information content (AvgIpc) is 3.47. The quantitative estimate of drug-likeness (QED) is 0.0261. The maximum absolute atomic E-state index is 12.9. The summed E-state index contributed by atoms with van der Waals surface area (Å²) >= 11 is 0. The molecule has 0 aromatic carbocycles. The number of rotatable bonds is 68. The van der Waals surface area contributed by atoms with Gasteiger partial charge in [0.1, 0.15) is 13.2 Å². The van der Waals surface area contributed by atoms with Gasteiger partial charge in [0.05, 0.1) is 0 Å². The third kappa shape index (κ3) is 68.2. The fourth-order valence-electron chi connectivity index (χ4n) is 11.0. The first-order valence-corrected chi connectivity index (χ1v) is 36.6. The molecule has 6 heteroatoms. The fourth-order valence-corrected chi connectivity index (χ4v) is 11.0. The molecule has 0 aliphatic heterocycles. The molecule has 82 heavy (non-hydrogen) atoms. The van der Waals surface area contributed by atoms with Crippen LogP contribution in [0.3, 0.4) is 0 Å². The molecule has 0 aliphatic carbocycles. The van der Waals surface area contributed by atoms with Crippen molar-refractivity contribution in [3.8, 4) is 0 Å². The van der Waals surface area contributed by atoms with Crippen molar-refractivity contribution in [1.29, 1.82) is 0 Å². The zero-order chi connectivity index (χ0) is 59.2. The van der Waals surface area contributed by atoms with E-state index in [0.717, 1.165) is 77.0 Å². The summed E-state index contributed by atoms with van der Waals surface area (Å²) in [5.41, 5.74) is 0. The molecule has 1 unspecified atom stereocenters. The van der Waals surface area contributed by atoms with Crippen LogP contribution >= 0.6 is 0 Å². The number of ether oxygens (including phenoxy) is 3. The van der Waals surface area contributed by atoms with E-state index in [1.165, 1.54) is 283 Å². The molecule has 1 atom stereocenters. The molecule has 0 bridgehead atoms. The van der Waals surface area contributed by atoms with Crippen molar-refractivity contribution < 1.29 is 28.6 Å². The molecule has 0 rings (SSSR count). The van der Waals surface area contributed by atoms with Crippen LogP contribution in [0.5, 0.6) is 0 Å². The minimum absolute atomic E-state index is 0.0735. The van der Waals surface area contributed by atoms with Crippen LogP contribution in [0.15, 0.2) is 48.6 Å². The topological polar surface area (TPSA) is 78.9 Å². The first-order valence-electron chi connectivity index (χ1n) is 36.6. The van der Waals surface area contributed by atoms with Crippen LogP contribution in [0.4, 0.5) is 0 Å². The van der Waals surface area contributed by atoms with Gasteiger partial charge in [-0.3, -0.25) is 14.4 Å². The van der Waals surface area contributed by atoms with Crippen molar-refractivity contribution in [2.75, 3.05) is 13.2 Å². The molecule has 0 radical (unpaired) electrons. The number of hydrogen-bond acceptors (Lipinski definition) is 6. The summed E-state index contributed by atoms with van der Waals surface area (Å²) in [6.07, 6.45) is 90.1. The normalized spacial score (nSPS) is 12.3. The highest BCUT2D eigenvalue weighted by Gasteiger charge is 2.19. The molecular weight excluding hydrogens is 1010 g/mol. The molecule has 0 aromatic rings. The molecule has 0 saturated heterocycles. The Labute approximate surface area is 511 Å². The van der Waals surface area contributed by atoms with Gasteiger partial charge in [-0.25, -0.2) is 0 Å². The minimum Gasteiger partial charge on any atom is -0.462 e. The molecule has 0 spiro atoms. The Morgan fingerprint density at radius 2 is 0.439 bits per heavy atom. The highest BCUT2D eigenvalue weighted by Crippen LogP contribution is 2.18. The van der Waals surface area contributed by atoms with Gasteiger partial charge in [-0.05, 0) is 83.5 Å². The molecule has 0 amide bonds. The molecule has 6 nitrogen and oxygen atoms in total. The summed E-state index contributed by atoms with van der Waals surface area (Å²) < 4.78 is 17.0. The van der Waals surface area contributed by atoms with E-state index in [-0.39, 0.29) is 31.1 Å². The van der Waals surface area contributed by atoms with Crippen LogP contribution in [0.25, 0.3) is 0 Å². The van der Waals surface area contributed by atoms with Crippen LogP contribution in [0, 0.1) is 0 Å². The Morgan fingerprint density at radius 1 is 0.244 bits per heavy atom. The van der Waals surface area contributed by atoms with E-state index >= 15 is 0 Å². The summed E-state index contributed by atoms with van der Waals surface area (Å²) in [4.78, 5) is 38.4. The van der Waals surface area contributed by atoms with Crippen LogP contribution in [0.1, 0.15) is 400 Å². The standard InChI is InChI=1S/C76H140O6/c1-4-7-10-13-16-19-22-25-27-29-31-33-34-35-36-37-38-39-40-41-42-44-45-47-49-51-54-57-60-63-66-69-75(78)81-72-73(71-80-74(77)68-65-62-59-56-53-24-21-18-15-12-9-6-3)82-76(79)70-67-64-61-58-55-52-50-48-46-43-32-30-28-26-23-20-17-14-11-8-5-2/h23,26,29-32,46,48,73H,4-22,24-25,27-28,33-45,47,49-72H2,1-3H3/b26-23-,31-29-,32-30-,48-46-. The second kappa shape index (κ2) is 70.9. The number of unbranched alkanes of at least 4 members (excludes halogenated alkanes) is 49. The van der Waals surface area contributed by atoms with Crippen LogP contribution in [-0.4, -0.2) is 37.2 Å². The molecule has 0 N–H and O–H groups in total. The van der Waals surface area contributed by atoms with E-state index in [0.29, 0.717) is 19.3 Å². The maximum Gasteiger partial charge on any atom is 0.306 e. The van der Waals surface area contributed by atoms with Crippen LogP contribution in [0.2, 0.25) is 0 Å². The van der Waals surface area contributed by atoms with E-state index in [1.54, 1.807) is 0 Å². The summed E-state index contributed by atoms with van der Waals surface area (Å²) in [5, 5.41) is 0. The van der Waals surface area contributed by atoms with Gasteiger partial charge >= 0.3 is 17.9 Å². The molecular formula is C76H140O6. The zero-order valence-corrected chi connectivity index (χ0v) is 55.3. The average molecular weight is 1150 g/mol. The summed E-state index contributed by atoms with van der Waals surface area (Å²) in [7, 11) is 0. The largest absolute Gasteiger partial charge is 0.462 e. The summed E-state index contributed by atoms with van der Waals surface area (Å²) in [6, 6.07) is 0. The van der Waals surface area contributed by atoms with Gasteiger partial charge in [0.25, 0.3) is 0 Å². The Kier molecular flexibility index (Phi) is 68.6. The summed E-state index contributed by atoms with van der Waals surface area (Å²) in [6.45, 7) is 6.68. The van der Waals surface area contributed by atoms with Crippen molar-refractivity contribution in [3.05, 3.63) is 48.6 Å². The second-order valence-corrected chi connectivity index (χ2v) is 24.9. The van der Waals surface area contributed by atoms with Gasteiger partial charge in [-0.1, -0.05) is 345 Å². The SMILES string of the molecule is CCCCCCC/C=C\C/C=C\C/C=C\CCCCCCCCC(=O)OC(COC(=O)CCCCCCCCCCCCCC)COC(=O)CCCCCCCCCCCCCCCCCCCCC/C=C\CCCCCCCCCC. The lowest BCUT2D eigenvalue weighted by atomic mass is 10.0. The lowest BCUT2D eigenvalue weighted by Crippen LogP contribution is -2.30. The number of allylic oxidation sites excluding steroid dienone is 8. The second-order valence-electron chi connectivity index (χ2n) is 24.9. The number of hydrogen-bond donors (Lipinski definition) is 0. The van der Waals surface area contributed by atoms with Gasteiger partial charge in [0.15, 0.2) is 6.10 Å². The monoisotopic (exact) mass is 1150 g/mol. The zero-order valence-electron chi connectivity index (χ0n) is 55.3. The van der Waals surface area contributed by atoms with E-state index < -0.39 is 6.10 Å². The van der Waals surface area contributed by atoms with Gasteiger partial charge < -0.3 is 14.2 Å². The number of carbonyl (C=O) groups excluding carboxylic acids is 3. The number of esters is 3. The highest BCUT2D eigenvalue weighted by molar-refractivity contribution is 5.71. The Bertz CT molecular complexity index is 1410. The lowest BCUT2D eigenvalue weighted by molar-refractivity contribution is -0.167. The minimum atomic E-state index is -0.778. The third-order valence-electron chi connectivity index (χ3n) is 16.6. The number of carbonyl (C=O) groups is 3. The molecule has 0 fully saturated rings. The predicted octanol–water partition coefficient (Wildman–Crippen LogP) is 25.3. The van der Waals surface area contributed by atoms with Crippen molar-refractivity contribution in [3.63, 3.8) is 0 Å². The molecule has 480 valence electrons. The van der Waals surface area contributed by atoms with Gasteiger partial charge in [-0.15, -0.1) is 0 Å². The molecule has 0 saturated carbocycles. The molecule has 0 aromatic heterocycles. The first-order chi connectivity index (χ1) is 40.5. The third-order valence-corrected chi connectivity index (χ3v) is 16.6. The Hall–Kier alpha value is -2.63. The van der Waals surface area contributed by atoms with Gasteiger partial charge in [-0.2, -0.15) is 0 Å². The van der Waals surface area contributed by atoms with Gasteiger partial charge in [0, 0.05) is 19.3 Å². The van der Waals surface area contributed by atoms with Gasteiger partial charge in [0.2, 0.25) is 0 Å². The maximum atomic E-state index is 12.9. The van der Waals surface area contributed by atoms with Crippen molar-refractivity contribution in [1.82, 2.24) is 0 Å². The smallest absolute Gasteiger partial charge is 0.306 e. The van der Waals surface area contributed by atoms with E-state index in [2.05, 4.69) is 69.4 Å². The molecule has 0 heterocycles. The van der Waals surface area contributed by atoms with Crippen LogP contribution in [-0.2, 0) is 28.6 Å². The Morgan fingerprint density at radius 3 is 0.695 bits per heavy atom. The van der Waals surface area contributed by atoms with Crippen LogP contribution < -0.4 is 0 Å². The fraction of sp³-hybridized carbons (Fsp3) is 0.855.